The molecule has 0 saturated heterocycles. The zero-order chi connectivity index (χ0) is 15.1. The van der Waals surface area contributed by atoms with Gasteiger partial charge in [0.2, 0.25) is 0 Å². The summed E-state index contributed by atoms with van der Waals surface area (Å²) < 4.78 is 7.32. The normalized spacial score (nSPS) is 19.4. The third-order valence-electron chi connectivity index (χ3n) is 4.59. The molecule has 0 aromatic heterocycles. The molecule has 1 fully saturated rings. The van der Waals surface area contributed by atoms with Crippen LogP contribution in [0, 0.1) is 5.92 Å². The Kier molecular flexibility index (Phi) is 7.21. The average Bonchev–Trinajstić information content (AvgIpc) is 2.51. The van der Waals surface area contributed by atoms with E-state index in [1.807, 2.05) is 0 Å². The first kappa shape index (κ1) is 17.0. The molecule has 3 heteroatoms. The second-order valence-electron chi connectivity index (χ2n) is 6.05. The molecule has 2 atom stereocenters. The van der Waals surface area contributed by atoms with E-state index in [1.54, 1.807) is 0 Å². The van der Waals surface area contributed by atoms with Crippen LogP contribution in [0.4, 0.5) is 0 Å². The predicted molar refractivity (Wildman–Crippen MR) is 92.7 cm³/mol. The van der Waals surface area contributed by atoms with Crippen LogP contribution in [0.25, 0.3) is 0 Å². The van der Waals surface area contributed by atoms with E-state index >= 15 is 0 Å². The van der Waals surface area contributed by atoms with E-state index < -0.39 is 0 Å². The highest BCUT2D eigenvalue weighted by molar-refractivity contribution is 9.10. The summed E-state index contributed by atoms with van der Waals surface area (Å²) in [6.07, 6.45) is 8.12. The van der Waals surface area contributed by atoms with Crippen molar-refractivity contribution in [1.29, 1.82) is 0 Å². The van der Waals surface area contributed by atoms with Gasteiger partial charge in [-0.05, 0) is 56.8 Å². The van der Waals surface area contributed by atoms with E-state index in [1.165, 1.54) is 37.7 Å². The molecule has 0 spiro atoms. The van der Waals surface area contributed by atoms with Gasteiger partial charge in [0.15, 0.2) is 0 Å². The molecule has 1 aliphatic carbocycles. The largest absolute Gasteiger partial charge is 0.377 e. The SMILES string of the molecule is CCOC(C1CCCCC1)C(Cc1cccc(Br)c1)NC. The number of hydrogen-bond acceptors (Lipinski definition) is 2. The molecule has 0 bridgehead atoms. The van der Waals surface area contributed by atoms with E-state index in [2.05, 4.69) is 59.5 Å². The Bertz CT molecular complexity index is 417. The van der Waals surface area contributed by atoms with E-state index in [0.29, 0.717) is 18.1 Å². The minimum Gasteiger partial charge on any atom is -0.377 e. The first-order valence-electron chi connectivity index (χ1n) is 8.28. The Hall–Kier alpha value is -0.380. The van der Waals surface area contributed by atoms with Crippen LogP contribution < -0.4 is 5.32 Å². The summed E-state index contributed by atoms with van der Waals surface area (Å²) in [7, 11) is 2.07. The molecule has 0 amide bonds. The Morgan fingerprint density at radius 3 is 2.67 bits per heavy atom. The number of ether oxygens (including phenoxy) is 1. The van der Waals surface area contributed by atoms with Crippen LogP contribution >= 0.6 is 15.9 Å². The van der Waals surface area contributed by atoms with Crippen molar-refractivity contribution in [3.8, 4) is 0 Å². The Morgan fingerprint density at radius 1 is 1.29 bits per heavy atom. The fraction of sp³-hybridized carbons (Fsp3) is 0.667. The van der Waals surface area contributed by atoms with Crippen molar-refractivity contribution >= 4 is 15.9 Å². The molecule has 0 heterocycles. The zero-order valence-corrected chi connectivity index (χ0v) is 14.9. The Labute approximate surface area is 137 Å². The summed E-state index contributed by atoms with van der Waals surface area (Å²) in [5, 5.41) is 3.51. The van der Waals surface area contributed by atoms with Crippen molar-refractivity contribution in [1.82, 2.24) is 5.32 Å². The van der Waals surface area contributed by atoms with Crippen molar-refractivity contribution in [2.24, 2.45) is 5.92 Å². The Balaban J connectivity index is 2.07. The van der Waals surface area contributed by atoms with Crippen LogP contribution in [0.1, 0.15) is 44.6 Å². The third kappa shape index (κ3) is 5.08. The number of nitrogens with one attached hydrogen (secondary N) is 1. The topological polar surface area (TPSA) is 21.3 Å². The van der Waals surface area contributed by atoms with Crippen LogP contribution in [0.15, 0.2) is 28.7 Å². The molecule has 2 rings (SSSR count). The van der Waals surface area contributed by atoms with Crippen LogP contribution in [0.2, 0.25) is 0 Å². The van der Waals surface area contributed by atoms with Gasteiger partial charge in [0.05, 0.1) is 6.10 Å². The van der Waals surface area contributed by atoms with Crippen LogP contribution in [0.3, 0.4) is 0 Å². The van der Waals surface area contributed by atoms with Crippen molar-refractivity contribution in [3.63, 3.8) is 0 Å². The molecular weight excluding hydrogens is 326 g/mol. The van der Waals surface area contributed by atoms with Gasteiger partial charge in [-0.3, -0.25) is 0 Å². The number of likely N-dealkylation sites (N-methyl/N-ethyl adjacent to an activating group) is 1. The van der Waals surface area contributed by atoms with Gasteiger partial charge in [-0.25, -0.2) is 0 Å². The quantitative estimate of drug-likeness (QED) is 0.775. The molecule has 1 saturated carbocycles. The summed E-state index contributed by atoms with van der Waals surface area (Å²) in [5.41, 5.74) is 1.37. The molecule has 1 aliphatic rings. The second-order valence-corrected chi connectivity index (χ2v) is 6.96. The van der Waals surface area contributed by atoms with Gasteiger partial charge in [0, 0.05) is 17.1 Å². The number of halogens is 1. The monoisotopic (exact) mass is 353 g/mol. The minimum absolute atomic E-state index is 0.333. The van der Waals surface area contributed by atoms with Gasteiger partial charge in [-0.15, -0.1) is 0 Å². The number of hydrogen-bond donors (Lipinski definition) is 1. The molecule has 21 heavy (non-hydrogen) atoms. The maximum Gasteiger partial charge on any atom is 0.0759 e. The van der Waals surface area contributed by atoms with E-state index in [9.17, 15) is 0 Å². The van der Waals surface area contributed by atoms with Crippen molar-refractivity contribution in [2.45, 2.75) is 57.6 Å². The fourth-order valence-corrected chi connectivity index (χ4v) is 3.98. The predicted octanol–water partition coefficient (Wildman–Crippen LogP) is 4.57. The summed E-state index contributed by atoms with van der Waals surface area (Å²) in [5.74, 6) is 0.711. The lowest BCUT2D eigenvalue weighted by Gasteiger charge is -2.35. The van der Waals surface area contributed by atoms with Crippen LogP contribution in [-0.4, -0.2) is 25.8 Å². The van der Waals surface area contributed by atoms with E-state index in [0.717, 1.165) is 17.5 Å². The number of benzene rings is 1. The summed E-state index contributed by atoms with van der Waals surface area (Å²) in [6, 6.07) is 9.01. The lowest BCUT2D eigenvalue weighted by molar-refractivity contribution is -0.0159. The highest BCUT2D eigenvalue weighted by Crippen LogP contribution is 2.30. The first-order valence-corrected chi connectivity index (χ1v) is 9.07. The van der Waals surface area contributed by atoms with Crippen molar-refractivity contribution in [3.05, 3.63) is 34.3 Å². The lowest BCUT2D eigenvalue weighted by atomic mass is 9.81. The van der Waals surface area contributed by atoms with Crippen LogP contribution in [0.5, 0.6) is 0 Å². The average molecular weight is 354 g/mol. The smallest absolute Gasteiger partial charge is 0.0759 e. The van der Waals surface area contributed by atoms with Gasteiger partial charge < -0.3 is 10.1 Å². The van der Waals surface area contributed by atoms with Gasteiger partial charge >= 0.3 is 0 Å². The fourth-order valence-electron chi connectivity index (χ4n) is 3.54. The summed E-state index contributed by atoms with van der Waals surface area (Å²) >= 11 is 3.57. The standard InChI is InChI=1S/C18H28BrNO/c1-3-21-18(15-9-5-4-6-10-15)17(20-2)13-14-8-7-11-16(19)12-14/h7-8,11-12,15,17-18,20H,3-6,9-10,13H2,1-2H3. The molecule has 1 aromatic carbocycles. The molecule has 0 radical (unpaired) electrons. The van der Waals surface area contributed by atoms with Gasteiger partial charge in [0.25, 0.3) is 0 Å². The van der Waals surface area contributed by atoms with Crippen LogP contribution in [-0.2, 0) is 11.2 Å². The Morgan fingerprint density at radius 2 is 2.05 bits per heavy atom. The van der Waals surface area contributed by atoms with Crippen molar-refractivity contribution in [2.75, 3.05) is 13.7 Å². The molecule has 2 nitrogen and oxygen atoms in total. The zero-order valence-electron chi connectivity index (χ0n) is 13.3. The molecule has 1 aromatic rings. The van der Waals surface area contributed by atoms with Crippen molar-refractivity contribution < 1.29 is 4.74 Å². The molecule has 0 aliphatic heterocycles. The molecule has 118 valence electrons. The van der Waals surface area contributed by atoms with E-state index in [-0.39, 0.29) is 0 Å². The van der Waals surface area contributed by atoms with Gasteiger partial charge in [0.1, 0.15) is 0 Å². The highest BCUT2D eigenvalue weighted by Gasteiger charge is 2.30. The molecular formula is C18H28BrNO. The maximum absolute atomic E-state index is 6.16. The second kappa shape index (κ2) is 8.92. The maximum atomic E-state index is 6.16. The summed E-state index contributed by atoms with van der Waals surface area (Å²) in [6.45, 7) is 2.92. The van der Waals surface area contributed by atoms with Gasteiger partial charge in [-0.2, -0.15) is 0 Å². The highest BCUT2D eigenvalue weighted by atomic mass is 79.9. The summed E-state index contributed by atoms with van der Waals surface area (Å²) in [4.78, 5) is 0. The number of rotatable bonds is 7. The van der Waals surface area contributed by atoms with Gasteiger partial charge in [-0.1, -0.05) is 47.3 Å². The minimum atomic E-state index is 0.333. The first-order chi connectivity index (χ1) is 10.2. The molecule has 2 unspecified atom stereocenters. The van der Waals surface area contributed by atoms with E-state index in [4.69, 9.17) is 4.74 Å². The lowest BCUT2D eigenvalue weighted by Crippen LogP contribution is -2.46. The molecule has 1 N–H and O–H groups in total. The third-order valence-corrected chi connectivity index (χ3v) is 5.08.